The first-order valence-corrected chi connectivity index (χ1v) is 15.8. The molecule has 0 amide bonds. The average Bonchev–Trinajstić information content (AvgIpc) is 3.77. The van der Waals surface area contributed by atoms with Crippen molar-refractivity contribution in [3.05, 3.63) is 133 Å². The van der Waals surface area contributed by atoms with Gasteiger partial charge in [-0.2, -0.15) is 0 Å². The van der Waals surface area contributed by atoms with Gasteiger partial charge in [0.1, 0.15) is 5.65 Å². The molecular formula is C38H22N2S2. The van der Waals surface area contributed by atoms with Crippen LogP contribution in [0.4, 0.5) is 0 Å². The number of fused-ring (bicyclic) bond motifs is 11. The standard InChI is InChI=1S/C38H22N2S2/c1-5-13-31-29(11-1)37-30-12-2-6-14-32(30)40(24-18-20-28-26-10-4-8-16-34(26)42-36(28)22-24)38(37)39(31)23-17-19-27-25-9-3-7-15-33(25)41-35(27)21-23/h1-22H. The van der Waals surface area contributed by atoms with Crippen LogP contribution in [0.15, 0.2) is 133 Å². The van der Waals surface area contributed by atoms with Gasteiger partial charge in [0.15, 0.2) is 0 Å². The summed E-state index contributed by atoms with van der Waals surface area (Å²) < 4.78 is 10.2. The van der Waals surface area contributed by atoms with E-state index in [0.717, 1.165) is 0 Å². The molecule has 0 fully saturated rings. The molecule has 4 heterocycles. The van der Waals surface area contributed by atoms with Gasteiger partial charge >= 0.3 is 0 Å². The molecule has 6 aromatic carbocycles. The zero-order valence-electron chi connectivity index (χ0n) is 22.4. The van der Waals surface area contributed by atoms with Crippen molar-refractivity contribution in [2.24, 2.45) is 0 Å². The lowest BCUT2D eigenvalue weighted by Crippen LogP contribution is -2.01. The molecule has 42 heavy (non-hydrogen) atoms. The van der Waals surface area contributed by atoms with Crippen molar-refractivity contribution in [3.63, 3.8) is 0 Å². The maximum Gasteiger partial charge on any atom is 0.131 e. The molecule has 0 N–H and O–H groups in total. The van der Waals surface area contributed by atoms with Crippen LogP contribution in [0.3, 0.4) is 0 Å². The fraction of sp³-hybridized carbons (Fsp3) is 0. The van der Waals surface area contributed by atoms with Crippen LogP contribution in [0.1, 0.15) is 0 Å². The highest BCUT2D eigenvalue weighted by Crippen LogP contribution is 2.43. The second kappa shape index (κ2) is 8.32. The number of thiophene rings is 2. The van der Waals surface area contributed by atoms with Crippen molar-refractivity contribution >= 4 is 95.9 Å². The summed E-state index contributed by atoms with van der Waals surface area (Å²) in [4.78, 5) is 0. The van der Waals surface area contributed by atoms with Crippen molar-refractivity contribution in [1.29, 1.82) is 0 Å². The third kappa shape index (κ3) is 2.98. The van der Waals surface area contributed by atoms with E-state index in [1.807, 2.05) is 22.7 Å². The molecule has 2 nitrogen and oxygen atoms in total. The number of hydrogen-bond acceptors (Lipinski definition) is 2. The van der Waals surface area contributed by atoms with Crippen molar-refractivity contribution in [2.45, 2.75) is 0 Å². The van der Waals surface area contributed by atoms with Gasteiger partial charge in [-0.25, -0.2) is 0 Å². The van der Waals surface area contributed by atoms with Gasteiger partial charge in [-0.05, 0) is 48.5 Å². The number of aromatic nitrogens is 2. The minimum absolute atomic E-state index is 1.19. The lowest BCUT2D eigenvalue weighted by atomic mass is 10.1. The Hall–Kier alpha value is -4.90. The second-order valence-corrected chi connectivity index (χ2v) is 13.1. The fourth-order valence-corrected chi connectivity index (χ4v) is 9.21. The molecule has 196 valence electrons. The summed E-state index contributed by atoms with van der Waals surface area (Å²) in [5.41, 5.74) is 6.04. The monoisotopic (exact) mass is 570 g/mol. The van der Waals surface area contributed by atoms with E-state index in [2.05, 4.69) is 143 Å². The summed E-state index contributed by atoms with van der Waals surface area (Å²) in [7, 11) is 0. The highest BCUT2D eigenvalue weighted by molar-refractivity contribution is 7.26. The number of hydrogen-bond donors (Lipinski definition) is 0. The molecule has 0 bridgehead atoms. The maximum absolute atomic E-state index is 2.48. The Morgan fingerprint density at radius 1 is 0.357 bits per heavy atom. The normalized spacial score (nSPS) is 12.3. The largest absolute Gasteiger partial charge is 0.295 e. The summed E-state index contributed by atoms with van der Waals surface area (Å²) >= 11 is 3.75. The van der Waals surface area contributed by atoms with Crippen molar-refractivity contribution in [2.75, 3.05) is 0 Å². The van der Waals surface area contributed by atoms with E-state index >= 15 is 0 Å². The lowest BCUT2D eigenvalue weighted by Gasteiger charge is -2.13. The number of nitrogens with zero attached hydrogens (tertiary/aromatic N) is 2. The van der Waals surface area contributed by atoms with Crippen LogP contribution in [-0.4, -0.2) is 9.13 Å². The minimum Gasteiger partial charge on any atom is -0.295 e. The highest BCUT2D eigenvalue weighted by atomic mass is 32.1. The van der Waals surface area contributed by atoms with E-state index in [9.17, 15) is 0 Å². The minimum atomic E-state index is 1.19. The third-order valence-electron chi connectivity index (χ3n) is 8.72. The summed E-state index contributed by atoms with van der Waals surface area (Å²) in [5.74, 6) is 0. The van der Waals surface area contributed by atoms with E-state index in [0.29, 0.717) is 0 Å². The van der Waals surface area contributed by atoms with Gasteiger partial charge < -0.3 is 0 Å². The molecule has 0 atom stereocenters. The number of para-hydroxylation sites is 2. The van der Waals surface area contributed by atoms with Gasteiger partial charge in [-0.1, -0.05) is 84.9 Å². The topological polar surface area (TPSA) is 9.86 Å². The Labute approximate surface area is 248 Å². The molecule has 0 spiro atoms. The highest BCUT2D eigenvalue weighted by Gasteiger charge is 2.22. The van der Waals surface area contributed by atoms with Gasteiger partial charge in [0, 0.05) is 67.9 Å². The van der Waals surface area contributed by atoms with Crippen LogP contribution < -0.4 is 0 Å². The first-order chi connectivity index (χ1) is 20.8. The molecule has 0 radical (unpaired) electrons. The molecule has 0 aliphatic carbocycles. The van der Waals surface area contributed by atoms with E-state index in [4.69, 9.17) is 0 Å². The van der Waals surface area contributed by atoms with E-state index in [1.165, 1.54) is 84.6 Å². The molecule has 0 unspecified atom stereocenters. The van der Waals surface area contributed by atoms with Crippen LogP contribution in [0.25, 0.3) is 84.6 Å². The Morgan fingerprint density at radius 3 is 1.26 bits per heavy atom. The average molecular weight is 571 g/mol. The molecule has 4 aromatic heterocycles. The quantitative estimate of drug-likeness (QED) is 0.196. The molecular weight excluding hydrogens is 549 g/mol. The molecule has 4 heteroatoms. The van der Waals surface area contributed by atoms with E-state index in [-0.39, 0.29) is 0 Å². The Kier molecular flexibility index (Phi) is 4.51. The van der Waals surface area contributed by atoms with E-state index in [1.54, 1.807) is 0 Å². The molecule has 10 aromatic rings. The fourth-order valence-electron chi connectivity index (χ4n) is 6.93. The van der Waals surface area contributed by atoms with E-state index < -0.39 is 0 Å². The first kappa shape index (κ1) is 22.8. The predicted molar refractivity (Wildman–Crippen MR) is 183 cm³/mol. The summed E-state index contributed by atoms with van der Waals surface area (Å²) in [6, 6.07) is 49.1. The smallest absolute Gasteiger partial charge is 0.131 e. The Bertz CT molecular complexity index is 2510. The van der Waals surface area contributed by atoms with Crippen LogP contribution in [0.2, 0.25) is 0 Å². The summed E-state index contributed by atoms with van der Waals surface area (Å²) in [6.45, 7) is 0. The molecule has 0 aliphatic heterocycles. The third-order valence-corrected chi connectivity index (χ3v) is 11.0. The lowest BCUT2D eigenvalue weighted by molar-refractivity contribution is 1.07. The van der Waals surface area contributed by atoms with Crippen LogP contribution >= 0.6 is 22.7 Å². The Balaban J connectivity index is 1.35. The Morgan fingerprint density at radius 2 is 0.762 bits per heavy atom. The number of rotatable bonds is 2. The van der Waals surface area contributed by atoms with Crippen molar-refractivity contribution in [3.8, 4) is 11.4 Å². The summed E-state index contributed by atoms with van der Waals surface area (Å²) in [6.07, 6.45) is 0. The zero-order chi connectivity index (χ0) is 27.4. The van der Waals surface area contributed by atoms with Crippen LogP contribution in [0, 0.1) is 0 Å². The van der Waals surface area contributed by atoms with Gasteiger partial charge in [0.2, 0.25) is 0 Å². The SMILES string of the molecule is c1ccc2c(c1)sc1cc(-n3c4ccccc4c4c5ccccc5n(-c5ccc6c(c5)sc5ccccc56)c43)ccc12. The van der Waals surface area contributed by atoms with Gasteiger partial charge in [0.25, 0.3) is 0 Å². The van der Waals surface area contributed by atoms with Gasteiger partial charge in [-0.3, -0.25) is 9.13 Å². The number of benzene rings is 6. The van der Waals surface area contributed by atoms with Crippen LogP contribution in [-0.2, 0) is 0 Å². The molecule has 0 saturated heterocycles. The van der Waals surface area contributed by atoms with Gasteiger partial charge in [-0.15, -0.1) is 22.7 Å². The van der Waals surface area contributed by atoms with Crippen LogP contribution in [0.5, 0.6) is 0 Å². The summed E-state index contributed by atoms with van der Waals surface area (Å²) in [5, 5.41) is 9.16. The van der Waals surface area contributed by atoms with Crippen molar-refractivity contribution < 1.29 is 0 Å². The second-order valence-electron chi connectivity index (χ2n) is 11.0. The van der Waals surface area contributed by atoms with Gasteiger partial charge in [0.05, 0.1) is 11.0 Å². The maximum atomic E-state index is 2.48. The van der Waals surface area contributed by atoms with Crippen molar-refractivity contribution in [1.82, 2.24) is 9.13 Å². The predicted octanol–water partition coefficient (Wildman–Crippen LogP) is 11.5. The first-order valence-electron chi connectivity index (χ1n) is 14.2. The zero-order valence-corrected chi connectivity index (χ0v) is 24.0. The molecule has 0 saturated carbocycles. The molecule has 0 aliphatic rings. The molecule has 10 rings (SSSR count).